The molecule has 2 aromatic carbocycles. The molecule has 1 aliphatic heterocycles. The molecule has 1 heterocycles. The van der Waals surface area contributed by atoms with Gasteiger partial charge in [-0.15, -0.1) is 0 Å². The predicted molar refractivity (Wildman–Crippen MR) is 136 cm³/mol. The largest absolute Gasteiger partial charge is 0.352 e. The molecule has 8 nitrogen and oxygen atoms in total. The Morgan fingerprint density at radius 1 is 1.11 bits per heavy atom. The van der Waals surface area contributed by atoms with Gasteiger partial charge in [0.1, 0.15) is 10.9 Å². The van der Waals surface area contributed by atoms with E-state index in [0.29, 0.717) is 15.6 Å². The molecule has 3 amide bonds. The van der Waals surface area contributed by atoms with E-state index in [2.05, 4.69) is 5.32 Å². The summed E-state index contributed by atoms with van der Waals surface area (Å²) in [4.78, 5) is 40.4. The topological polar surface area (TPSA) is 104 Å². The number of sulfonamides is 1. The van der Waals surface area contributed by atoms with Gasteiger partial charge in [0.25, 0.3) is 15.9 Å². The Hall–Kier alpha value is -2.62. The summed E-state index contributed by atoms with van der Waals surface area (Å²) in [7, 11) is -4.04. The van der Waals surface area contributed by atoms with Crippen molar-refractivity contribution in [2.75, 3.05) is 6.54 Å². The molecule has 1 unspecified atom stereocenters. The third kappa shape index (κ3) is 5.38. The van der Waals surface area contributed by atoms with Gasteiger partial charge in [0, 0.05) is 25.6 Å². The maximum Gasteiger partial charge on any atom is 0.269 e. The number of carbonyl (C=O) groups excluding carboxylic acids is 3. The molecule has 1 atom stereocenters. The quantitative estimate of drug-likeness (QED) is 0.533. The smallest absolute Gasteiger partial charge is 0.269 e. The van der Waals surface area contributed by atoms with Gasteiger partial charge in [-0.05, 0) is 49.6 Å². The molecule has 1 aliphatic carbocycles. The van der Waals surface area contributed by atoms with Gasteiger partial charge in [-0.1, -0.05) is 54.2 Å². The Bertz CT molecular complexity index is 1290. The van der Waals surface area contributed by atoms with Crippen LogP contribution in [0, 0.1) is 0 Å². The Labute approximate surface area is 220 Å². The fourth-order valence-electron chi connectivity index (χ4n) is 4.60. The van der Waals surface area contributed by atoms with E-state index in [0.717, 1.165) is 30.0 Å². The summed E-state index contributed by atoms with van der Waals surface area (Å²) in [6, 6.07) is 10.1. The number of benzene rings is 2. The number of halogens is 2. The second-order valence-corrected chi connectivity index (χ2v) is 11.7. The number of nitrogens with zero attached hydrogens (tertiary/aromatic N) is 2. The molecule has 2 aromatic rings. The van der Waals surface area contributed by atoms with Crippen molar-refractivity contribution in [1.82, 2.24) is 14.5 Å². The average molecular weight is 552 g/mol. The molecule has 0 radical (unpaired) electrons. The highest BCUT2D eigenvalue weighted by atomic mass is 35.5. The van der Waals surface area contributed by atoms with E-state index in [4.69, 9.17) is 23.2 Å². The van der Waals surface area contributed by atoms with Crippen LogP contribution in [0.3, 0.4) is 0 Å². The molecule has 11 heteroatoms. The van der Waals surface area contributed by atoms with E-state index >= 15 is 0 Å². The fourth-order valence-corrected chi connectivity index (χ4v) is 6.49. The average Bonchev–Trinajstić information content (AvgIpc) is 3.42. The van der Waals surface area contributed by atoms with E-state index in [9.17, 15) is 22.8 Å². The Balaban J connectivity index is 1.52. The lowest BCUT2D eigenvalue weighted by atomic mass is 10.1. The van der Waals surface area contributed by atoms with Crippen LogP contribution in [0.15, 0.2) is 47.4 Å². The standard InChI is InChI=1S/C25H27Cl2N3O5S/c1-16(24(32)28-18-6-2-3-7-18)29(15-17-10-11-20(26)21(27)14-17)23(31)12-13-30-25(33)19-8-4-5-9-22(19)36(30,34)35/h4-5,8-11,14,16,18H,2-3,6-7,12-13,15H2,1H3,(H,28,32). The van der Waals surface area contributed by atoms with Crippen LogP contribution >= 0.6 is 23.2 Å². The molecule has 2 aliphatic rings. The molecule has 0 saturated heterocycles. The summed E-state index contributed by atoms with van der Waals surface area (Å²) in [6.45, 7) is 1.37. The van der Waals surface area contributed by atoms with Gasteiger partial charge in [0.15, 0.2) is 0 Å². The Morgan fingerprint density at radius 3 is 2.47 bits per heavy atom. The predicted octanol–water partition coefficient (Wildman–Crippen LogP) is 4.00. The summed E-state index contributed by atoms with van der Waals surface area (Å²) in [5, 5.41) is 3.69. The van der Waals surface area contributed by atoms with Crippen LogP contribution in [-0.4, -0.2) is 54.0 Å². The third-order valence-electron chi connectivity index (χ3n) is 6.65. The van der Waals surface area contributed by atoms with Crippen molar-refractivity contribution in [3.05, 3.63) is 63.6 Å². The lowest BCUT2D eigenvalue weighted by molar-refractivity contribution is -0.140. The van der Waals surface area contributed by atoms with E-state index < -0.39 is 27.9 Å². The van der Waals surface area contributed by atoms with Crippen LogP contribution in [0.4, 0.5) is 0 Å². The van der Waals surface area contributed by atoms with E-state index in [1.54, 1.807) is 37.3 Å². The van der Waals surface area contributed by atoms with Crippen LogP contribution in [0.25, 0.3) is 0 Å². The summed E-state index contributed by atoms with van der Waals surface area (Å²) in [5.41, 5.74) is 0.748. The van der Waals surface area contributed by atoms with Gasteiger partial charge >= 0.3 is 0 Å². The monoisotopic (exact) mass is 551 g/mol. The zero-order valence-corrected chi connectivity index (χ0v) is 22.1. The van der Waals surface area contributed by atoms with Crippen LogP contribution in [-0.2, 0) is 26.2 Å². The van der Waals surface area contributed by atoms with Gasteiger partial charge in [-0.2, -0.15) is 0 Å². The van der Waals surface area contributed by atoms with Crippen molar-refractivity contribution in [3.63, 3.8) is 0 Å². The number of rotatable bonds is 8. The minimum absolute atomic E-state index is 0.0654. The lowest BCUT2D eigenvalue weighted by Crippen LogP contribution is -2.50. The number of amides is 3. The molecular formula is C25H27Cl2N3O5S. The SMILES string of the molecule is CC(C(=O)NC1CCCC1)N(Cc1ccc(Cl)c(Cl)c1)C(=O)CCN1C(=O)c2ccccc2S1(=O)=O. The minimum Gasteiger partial charge on any atom is -0.352 e. The Morgan fingerprint density at radius 2 is 1.81 bits per heavy atom. The molecular weight excluding hydrogens is 525 g/mol. The number of carbonyl (C=O) groups is 3. The Kier molecular flexibility index (Phi) is 7.92. The van der Waals surface area contributed by atoms with Gasteiger partial charge in [-0.3, -0.25) is 14.4 Å². The minimum atomic E-state index is -4.04. The molecule has 0 aromatic heterocycles. The van der Waals surface area contributed by atoms with Crippen LogP contribution in [0.5, 0.6) is 0 Å². The molecule has 1 N–H and O–H groups in total. The highest BCUT2D eigenvalue weighted by Crippen LogP contribution is 2.30. The summed E-state index contributed by atoms with van der Waals surface area (Å²) in [5.74, 6) is -1.41. The normalized spacial score (nSPS) is 17.6. The van der Waals surface area contributed by atoms with Gasteiger partial charge in [0.2, 0.25) is 11.8 Å². The molecule has 4 rings (SSSR count). The molecule has 36 heavy (non-hydrogen) atoms. The maximum absolute atomic E-state index is 13.4. The molecule has 192 valence electrons. The number of hydrogen-bond acceptors (Lipinski definition) is 5. The van der Waals surface area contributed by atoms with Gasteiger partial charge in [0.05, 0.1) is 15.6 Å². The highest BCUT2D eigenvalue weighted by molar-refractivity contribution is 7.90. The summed E-state index contributed by atoms with van der Waals surface area (Å²) < 4.78 is 26.4. The van der Waals surface area contributed by atoms with Crippen LogP contribution in [0.2, 0.25) is 10.0 Å². The van der Waals surface area contributed by atoms with E-state index in [1.807, 2.05) is 0 Å². The zero-order chi connectivity index (χ0) is 26.0. The van der Waals surface area contributed by atoms with Crippen molar-refractivity contribution < 1.29 is 22.8 Å². The van der Waals surface area contributed by atoms with Gasteiger partial charge < -0.3 is 10.2 Å². The lowest BCUT2D eigenvalue weighted by Gasteiger charge is -2.30. The van der Waals surface area contributed by atoms with E-state index in [1.165, 1.54) is 17.0 Å². The number of hydrogen-bond donors (Lipinski definition) is 1. The van der Waals surface area contributed by atoms with Crippen molar-refractivity contribution in [2.24, 2.45) is 0 Å². The van der Waals surface area contributed by atoms with Crippen molar-refractivity contribution >= 4 is 50.9 Å². The fraction of sp³-hybridized carbons (Fsp3) is 0.400. The first-order chi connectivity index (χ1) is 17.1. The van der Waals surface area contributed by atoms with Crippen molar-refractivity contribution in [2.45, 2.75) is 62.6 Å². The number of nitrogens with one attached hydrogen (secondary N) is 1. The molecule has 0 bridgehead atoms. The second kappa shape index (κ2) is 10.8. The van der Waals surface area contributed by atoms with Crippen LogP contribution < -0.4 is 5.32 Å². The van der Waals surface area contributed by atoms with E-state index in [-0.39, 0.29) is 41.9 Å². The summed E-state index contributed by atoms with van der Waals surface area (Å²) in [6.07, 6.45) is 3.61. The molecule has 1 saturated carbocycles. The number of fused-ring (bicyclic) bond motifs is 1. The summed E-state index contributed by atoms with van der Waals surface area (Å²) >= 11 is 12.2. The van der Waals surface area contributed by atoms with Crippen molar-refractivity contribution in [1.29, 1.82) is 0 Å². The third-order valence-corrected chi connectivity index (χ3v) is 9.23. The highest BCUT2D eigenvalue weighted by Gasteiger charge is 2.41. The zero-order valence-electron chi connectivity index (χ0n) is 19.7. The first-order valence-electron chi connectivity index (χ1n) is 11.8. The van der Waals surface area contributed by atoms with Crippen LogP contribution in [0.1, 0.15) is 54.9 Å². The molecule has 0 spiro atoms. The first kappa shape index (κ1) is 26.4. The molecule has 1 fully saturated rings. The second-order valence-electron chi connectivity index (χ2n) is 9.06. The maximum atomic E-state index is 13.4. The van der Waals surface area contributed by atoms with Gasteiger partial charge in [-0.25, -0.2) is 12.7 Å². The first-order valence-corrected chi connectivity index (χ1v) is 14.0. The van der Waals surface area contributed by atoms with Crippen molar-refractivity contribution in [3.8, 4) is 0 Å².